The Labute approximate surface area is 133 Å². The van der Waals surface area contributed by atoms with Gasteiger partial charge in [0.1, 0.15) is 10.7 Å². The van der Waals surface area contributed by atoms with Crippen LogP contribution in [0, 0.1) is 0 Å². The van der Waals surface area contributed by atoms with E-state index in [0.29, 0.717) is 16.3 Å². The summed E-state index contributed by atoms with van der Waals surface area (Å²) < 4.78 is 6.39. The van der Waals surface area contributed by atoms with E-state index in [1.807, 2.05) is 12.5 Å². The quantitative estimate of drug-likeness (QED) is 0.801. The summed E-state index contributed by atoms with van der Waals surface area (Å²) in [6.07, 6.45) is 5.14. The van der Waals surface area contributed by atoms with Gasteiger partial charge in [-0.2, -0.15) is 9.47 Å². The number of hydrogen-bond acceptors (Lipinski definition) is 7. The zero-order valence-electron chi connectivity index (χ0n) is 11.5. The number of nitrogens with zero attached hydrogens (tertiary/aromatic N) is 3. The van der Waals surface area contributed by atoms with E-state index in [0.717, 1.165) is 4.21 Å². The van der Waals surface area contributed by atoms with Crippen LogP contribution in [0.4, 0.5) is 5.69 Å². The number of amides is 2. The van der Waals surface area contributed by atoms with E-state index in [1.54, 1.807) is 7.05 Å². The SMILES string of the molecule is CSc1nsc(SC)c1C(=O)Nc1cnn(C)c1C(N)=O. The molecule has 7 nitrogen and oxygen atoms in total. The fraction of sp³-hybridized carbons (Fsp3) is 0.273. The van der Waals surface area contributed by atoms with Gasteiger partial charge >= 0.3 is 0 Å². The third kappa shape index (κ3) is 3.06. The molecule has 0 aromatic carbocycles. The summed E-state index contributed by atoms with van der Waals surface area (Å²) in [5, 5.41) is 7.28. The molecule has 0 bridgehead atoms. The summed E-state index contributed by atoms with van der Waals surface area (Å²) >= 11 is 4.13. The number of primary amides is 1. The van der Waals surface area contributed by atoms with Gasteiger partial charge in [-0.1, -0.05) is 0 Å². The van der Waals surface area contributed by atoms with E-state index in [4.69, 9.17) is 5.73 Å². The van der Waals surface area contributed by atoms with Crippen LogP contribution in [0.1, 0.15) is 20.8 Å². The van der Waals surface area contributed by atoms with Crippen molar-refractivity contribution in [3.05, 3.63) is 17.5 Å². The zero-order valence-corrected chi connectivity index (χ0v) is 14.0. The minimum Gasteiger partial charge on any atom is -0.364 e. The molecule has 0 atom stereocenters. The average molecular weight is 343 g/mol. The first kappa shape index (κ1) is 15.9. The lowest BCUT2D eigenvalue weighted by atomic mass is 10.3. The Hall–Kier alpha value is -1.52. The summed E-state index contributed by atoms with van der Waals surface area (Å²) in [6.45, 7) is 0. The number of nitrogens with two attached hydrogens (primary N) is 1. The van der Waals surface area contributed by atoms with Crippen LogP contribution in [0.2, 0.25) is 0 Å². The molecule has 10 heteroatoms. The van der Waals surface area contributed by atoms with Gasteiger partial charge in [0.15, 0.2) is 0 Å². The molecule has 0 aliphatic heterocycles. The first-order valence-electron chi connectivity index (χ1n) is 5.70. The van der Waals surface area contributed by atoms with Gasteiger partial charge in [0.25, 0.3) is 11.8 Å². The standard InChI is InChI=1S/C11H13N5O2S3/c1-16-7(8(12)17)5(4-13-16)14-9(18)6-10(19-2)15-21-11(6)20-3/h4H,1-3H3,(H2,12,17)(H,14,18). The molecule has 2 rings (SSSR count). The van der Waals surface area contributed by atoms with Crippen molar-refractivity contribution in [3.8, 4) is 0 Å². The Morgan fingerprint density at radius 2 is 2.10 bits per heavy atom. The lowest BCUT2D eigenvalue weighted by Gasteiger charge is -2.06. The van der Waals surface area contributed by atoms with E-state index in [-0.39, 0.29) is 11.6 Å². The topological polar surface area (TPSA) is 103 Å². The van der Waals surface area contributed by atoms with E-state index in [9.17, 15) is 9.59 Å². The number of hydrogen-bond donors (Lipinski definition) is 2. The van der Waals surface area contributed by atoms with Gasteiger partial charge in [-0.15, -0.1) is 23.5 Å². The maximum absolute atomic E-state index is 12.5. The summed E-state index contributed by atoms with van der Waals surface area (Å²) in [5.41, 5.74) is 6.26. The highest BCUT2D eigenvalue weighted by molar-refractivity contribution is 8.01. The van der Waals surface area contributed by atoms with Crippen molar-refractivity contribution in [1.29, 1.82) is 0 Å². The van der Waals surface area contributed by atoms with Crippen LogP contribution >= 0.6 is 35.1 Å². The Kier molecular flexibility index (Phi) is 4.91. The van der Waals surface area contributed by atoms with Crippen LogP contribution in [0.3, 0.4) is 0 Å². The minimum atomic E-state index is -0.649. The summed E-state index contributed by atoms with van der Waals surface area (Å²) in [4.78, 5) is 23.9. The van der Waals surface area contributed by atoms with Crippen LogP contribution in [0.5, 0.6) is 0 Å². The molecule has 3 N–H and O–H groups in total. The molecule has 21 heavy (non-hydrogen) atoms. The molecule has 0 aliphatic carbocycles. The van der Waals surface area contributed by atoms with E-state index in [2.05, 4.69) is 14.8 Å². The number of aromatic nitrogens is 3. The second kappa shape index (κ2) is 6.50. The van der Waals surface area contributed by atoms with Crippen molar-refractivity contribution >= 4 is 52.6 Å². The minimum absolute atomic E-state index is 0.156. The highest BCUT2D eigenvalue weighted by Crippen LogP contribution is 2.33. The van der Waals surface area contributed by atoms with Gasteiger partial charge in [0, 0.05) is 7.05 Å². The lowest BCUT2D eigenvalue weighted by Crippen LogP contribution is -2.20. The van der Waals surface area contributed by atoms with E-state index >= 15 is 0 Å². The molecule has 0 aliphatic rings. The molecule has 2 aromatic rings. The third-order valence-corrected chi connectivity index (χ3v) is 5.40. The molecular weight excluding hydrogens is 330 g/mol. The van der Waals surface area contributed by atoms with Crippen molar-refractivity contribution in [2.45, 2.75) is 9.24 Å². The van der Waals surface area contributed by atoms with Crippen LogP contribution in [-0.4, -0.2) is 38.5 Å². The number of carbonyl (C=O) groups is 2. The Balaban J connectivity index is 2.35. The second-order valence-electron chi connectivity index (χ2n) is 3.91. The van der Waals surface area contributed by atoms with Crippen LogP contribution in [-0.2, 0) is 7.05 Å². The van der Waals surface area contributed by atoms with Crippen LogP contribution in [0.25, 0.3) is 0 Å². The molecule has 0 unspecified atom stereocenters. The number of carbonyl (C=O) groups excluding carboxylic acids is 2. The Morgan fingerprint density at radius 3 is 2.67 bits per heavy atom. The molecule has 2 aromatic heterocycles. The predicted octanol–water partition coefficient (Wildman–Crippen LogP) is 1.67. The molecule has 112 valence electrons. The first-order valence-corrected chi connectivity index (χ1v) is 8.92. The summed E-state index contributed by atoms with van der Waals surface area (Å²) in [5.74, 6) is -0.975. The monoisotopic (exact) mass is 343 g/mol. The molecule has 0 fully saturated rings. The van der Waals surface area contributed by atoms with E-state index < -0.39 is 5.91 Å². The summed E-state index contributed by atoms with van der Waals surface area (Å²) in [6, 6.07) is 0. The van der Waals surface area contributed by atoms with Gasteiger partial charge < -0.3 is 11.1 Å². The number of thioether (sulfide) groups is 2. The Morgan fingerprint density at radius 1 is 1.38 bits per heavy atom. The lowest BCUT2D eigenvalue weighted by molar-refractivity contribution is 0.0992. The molecule has 0 radical (unpaired) electrons. The van der Waals surface area contributed by atoms with Crippen molar-refractivity contribution in [2.75, 3.05) is 17.8 Å². The number of nitrogens with one attached hydrogen (secondary N) is 1. The second-order valence-corrected chi connectivity index (χ2v) is 6.55. The highest BCUT2D eigenvalue weighted by Gasteiger charge is 2.23. The van der Waals surface area contributed by atoms with Crippen molar-refractivity contribution in [1.82, 2.24) is 14.2 Å². The van der Waals surface area contributed by atoms with Gasteiger partial charge in [-0.25, -0.2) is 0 Å². The third-order valence-electron chi connectivity index (χ3n) is 2.66. The largest absolute Gasteiger partial charge is 0.364 e. The van der Waals surface area contributed by atoms with E-state index in [1.165, 1.54) is 45.9 Å². The van der Waals surface area contributed by atoms with Gasteiger partial charge in [0.2, 0.25) is 0 Å². The fourth-order valence-corrected chi connectivity index (χ4v) is 4.02. The Bertz CT molecular complexity index is 673. The molecule has 0 spiro atoms. The van der Waals surface area contributed by atoms with Crippen LogP contribution in [0.15, 0.2) is 15.4 Å². The molecule has 2 heterocycles. The summed E-state index contributed by atoms with van der Waals surface area (Å²) in [7, 11) is 1.59. The van der Waals surface area contributed by atoms with Crippen molar-refractivity contribution < 1.29 is 9.59 Å². The predicted molar refractivity (Wildman–Crippen MR) is 85.4 cm³/mol. The molecular formula is C11H13N5O2S3. The normalized spacial score (nSPS) is 10.6. The first-order chi connectivity index (χ1) is 9.99. The average Bonchev–Trinajstić information content (AvgIpc) is 3.01. The number of anilines is 1. The highest BCUT2D eigenvalue weighted by atomic mass is 32.2. The van der Waals surface area contributed by atoms with Gasteiger partial charge in [-0.3, -0.25) is 14.3 Å². The van der Waals surface area contributed by atoms with Crippen molar-refractivity contribution in [3.63, 3.8) is 0 Å². The van der Waals surface area contributed by atoms with Crippen LogP contribution < -0.4 is 11.1 Å². The number of aryl methyl sites for hydroxylation is 1. The maximum Gasteiger partial charge on any atom is 0.269 e. The maximum atomic E-state index is 12.5. The van der Waals surface area contributed by atoms with Gasteiger partial charge in [-0.05, 0) is 24.0 Å². The number of rotatable bonds is 5. The zero-order chi connectivity index (χ0) is 15.6. The fourth-order valence-electron chi connectivity index (χ4n) is 1.74. The molecule has 0 saturated carbocycles. The molecule has 0 saturated heterocycles. The smallest absolute Gasteiger partial charge is 0.269 e. The molecule has 2 amide bonds. The van der Waals surface area contributed by atoms with Crippen molar-refractivity contribution in [2.24, 2.45) is 12.8 Å². The van der Waals surface area contributed by atoms with Gasteiger partial charge in [0.05, 0.1) is 21.7 Å².